The molecule has 1 fully saturated rings. The molecular weight excluding hydrogens is 418 g/mol. The second kappa shape index (κ2) is 9.15. The zero-order chi connectivity index (χ0) is 22.8. The Bertz CT molecular complexity index is 1150. The number of benzene rings is 2. The van der Waals surface area contributed by atoms with E-state index in [9.17, 15) is 9.59 Å². The van der Waals surface area contributed by atoms with Gasteiger partial charge in [0.1, 0.15) is 0 Å². The van der Waals surface area contributed by atoms with Gasteiger partial charge in [0.15, 0.2) is 0 Å². The SMILES string of the molecule is CN(C(=O)Cc1ccc2c(c1)NC(=O)C2)C(CN1CCCC1)c1cccc(-c2ncon2)c1. The molecule has 170 valence electrons. The lowest BCUT2D eigenvalue weighted by Gasteiger charge is -2.32. The van der Waals surface area contributed by atoms with Gasteiger partial charge in [-0.1, -0.05) is 35.5 Å². The summed E-state index contributed by atoms with van der Waals surface area (Å²) in [6, 6.07) is 13.7. The number of fused-ring (bicyclic) bond motifs is 1. The molecule has 33 heavy (non-hydrogen) atoms. The van der Waals surface area contributed by atoms with Crippen LogP contribution < -0.4 is 5.32 Å². The van der Waals surface area contributed by atoms with Crippen LogP contribution in [0.5, 0.6) is 0 Å². The van der Waals surface area contributed by atoms with E-state index in [2.05, 4.69) is 26.4 Å². The minimum absolute atomic E-state index is 0.00208. The zero-order valence-corrected chi connectivity index (χ0v) is 18.7. The zero-order valence-electron chi connectivity index (χ0n) is 18.7. The first-order chi connectivity index (χ1) is 16.1. The molecule has 1 atom stereocenters. The van der Waals surface area contributed by atoms with Gasteiger partial charge in [0.2, 0.25) is 24.0 Å². The average Bonchev–Trinajstić information content (AvgIpc) is 3.58. The Hall–Kier alpha value is -3.52. The second-order valence-electron chi connectivity index (χ2n) is 8.80. The number of nitrogens with one attached hydrogen (secondary N) is 1. The molecule has 3 heterocycles. The van der Waals surface area contributed by atoms with Crippen LogP contribution in [0.3, 0.4) is 0 Å². The Labute approximate surface area is 192 Å². The summed E-state index contributed by atoms with van der Waals surface area (Å²) in [4.78, 5) is 33.4. The molecule has 1 N–H and O–H groups in total. The van der Waals surface area contributed by atoms with Gasteiger partial charge in [0.05, 0.1) is 18.9 Å². The van der Waals surface area contributed by atoms with Gasteiger partial charge in [-0.05, 0) is 54.8 Å². The predicted molar refractivity (Wildman–Crippen MR) is 123 cm³/mol. The minimum Gasteiger partial charge on any atom is -0.342 e. The van der Waals surface area contributed by atoms with Gasteiger partial charge in [0, 0.05) is 24.8 Å². The Kier molecular flexibility index (Phi) is 5.92. The normalized spacial score (nSPS) is 16.5. The highest BCUT2D eigenvalue weighted by Gasteiger charge is 2.27. The summed E-state index contributed by atoms with van der Waals surface area (Å²) in [7, 11) is 1.87. The number of rotatable bonds is 7. The molecule has 2 aliphatic heterocycles. The first kappa shape index (κ1) is 21.3. The van der Waals surface area contributed by atoms with Gasteiger partial charge in [0.25, 0.3) is 0 Å². The fraction of sp³-hybridized carbons (Fsp3) is 0.360. The Balaban J connectivity index is 1.38. The fourth-order valence-electron chi connectivity index (χ4n) is 4.69. The van der Waals surface area contributed by atoms with Crippen molar-refractivity contribution < 1.29 is 14.1 Å². The van der Waals surface area contributed by atoms with Crippen molar-refractivity contribution in [2.24, 2.45) is 0 Å². The van der Waals surface area contributed by atoms with Crippen LogP contribution in [0.2, 0.25) is 0 Å². The van der Waals surface area contributed by atoms with Crippen LogP contribution >= 0.6 is 0 Å². The van der Waals surface area contributed by atoms with E-state index >= 15 is 0 Å². The van der Waals surface area contributed by atoms with E-state index in [1.165, 1.54) is 19.2 Å². The third kappa shape index (κ3) is 4.66. The standard InChI is InChI=1S/C25H27N5O3/c1-29(24(32)12-17-7-8-18-14-23(31)27-21(18)11-17)22(15-30-9-2-3-10-30)19-5-4-6-20(13-19)25-26-16-33-28-25/h4-8,11,13,16,22H,2-3,9-10,12,14-15H2,1H3,(H,27,31). The number of nitrogens with zero attached hydrogens (tertiary/aromatic N) is 4. The summed E-state index contributed by atoms with van der Waals surface area (Å²) in [5, 5.41) is 6.82. The number of hydrogen-bond donors (Lipinski definition) is 1. The van der Waals surface area contributed by atoms with Crippen LogP contribution in [-0.2, 0) is 22.4 Å². The first-order valence-corrected chi connectivity index (χ1v) is 11.3. The van der Waals surface area contributed by atoms with Crippen molar-refractivity contribution in [3.05, 3.63) is 65.5 Å². The summed E-state index contributed by atoms with van der Waals surface area (Å²) in [5.41, 5.74) is 4.60. The molecular formula is C25H27N5O3. The number of likely N-dealkylation sites (tertiary alicyclic amines) is 1. The molecule has 1 unspecified atom stereocenters. The summed E-state index contributed by atoms with van der Waals surface area (Å²) in [6.07, 6.45) is 4.37. The summed E-state index contributed by atoms with van der Waals surface area (Å²) >= 11 is 0. The number of anilines is 1. The topological polar surface area (TPSA) is 91.6 Å². The third-order valence-corrected chi connectivity index (χ3v) is 6.54. The van der Waals surface area contributed by atoms with E-state index < -0.39 is 0 Å². The third-order valence-electron chi connectivity index (χ3n) is 6.54. The quantitative estimate of drug-likeness (QED) is 0.601. The van der Waals surface area contributed by atoms with E-state index in [1.807, 2.05) is 48.3 Å². The largest absolute Gasteiger partial charge is 0.342 e. The lowest BCUT2D eigenvalue weighted by molar-refractivity contribution is -0.131. The van der Waals surface area contributed by atoms with Crippen molar-refractivity contribution in [3.63, 3.8) is 0 Å². The molecule has 8 nitrogen and oxygen atoms in total. The fourth-order valence-corrected chi connectivity index (χ4v) is 4.69. The number of carbonyl (C=O) groups is 2. The van der Waals surface area contributed by atoms with Gasteiger partial charge in [-0.3, -0.25) is 9.59 Å². The predicted octanol–water partition coefficient (Wildman–Crippen LogP) is 3.07. The highest BCUT2D eigenvalue weighted by atomic mass is 16.5. The van der Waals surface area contributed by atoms with E-state index in [-0.39, 0.29) is 24.3 Å². The second-order valence-corrected chi connectivity index (χ2v) is 8.80. The van der Waals surface area contributed by atoms with Gasteiger partial charge in [-0.2, -0.15) is 4.98 Å². The van der Waals surface area contributed by atoms with Crippen LogP contribution in [0.4, 0.5) is 5.69 Å². The summed E-state index contributed by atoms with van der Waals surface area (Å²) in [5.74, 6) is 0.567. The Morgan fingerprint density at radius 2 is 2.06 bits per heavy atom. The number of hydrogen-bond acceptors (Lipinski definition) is 6. The molecule has 8 heteroatoms. The average molecular weight is 446 g/mol. The Morgan fingerprint density at radius 3 is 2.85 bits per heavy atom. The maximum atomic E-state index is 13.4. The highest BCUT2D eigenvalue weighted by Crippen LogP contribution is 2.28. The number of aromatic nitrogens is 2. The molecule has 0 spiro atoms. The molecule has 2 aliphatic rings. The van der Waals surface area contributed by atoms with Crippen molar-refractivity contribution in [2.45, 2.75) is 31.7 Å². The molecule has 2 aromatic carbocycles. The highest BCUT2D eigenvalue weighted by molar-refractivity contribution is 5.99. The van der Waals surface area contributed by atoms with Crippen LogP contribution in [0.1, 0.15) is 35.6 Å². The van der Waals surface area contributed by atoms with Crippen molar-refractivity contribution in [3.8, 4) is 11.4 Å². The minimum atomic E-state index is -0.100. The lowest BCUT2D eigenvalue weighted by atomic mass is 10.0. The number of likely N-dealkylation sites (N-methyl/N-ethyl adjacent to an activating group) is 1. The Morgan fingerprint density at radius 1 is 1.21 bits per heavy atom. The van der Waals surface area contributed by atoms with Gasteiger partial charge in [-0.25, -0.2) is 0 Å². The van der Waals surface area contributed by atoms with Gasteiger partial charge in [-0.15, -0.1) is 0 Å². The molecule has 5 rings (SSSR count). The summed E-state index contributed by atoms with van der Waals surface area (Å²) in [6.45, 7) is 2.87. The molecule has 1 saturated heterocycles. The molecule has 3 aromatic rings. The van der Waals surface area contributed by atoms with Crippen molar-refractivity contribution in [2.75, 3.05) is 32.0 Å². The molecule has 0 radical (unpaired) electrons. The van der Waals surface area contributed by atoms with E-state index in [1.54, 1.807) is 0 Å². The molecule has 1 aromatic heterocycles. The van der Waals surface area contributed by atoms with Crippen LogP contribution in [-0.4, -0.2) is 58.4 Å². The summed E-state index contributed by atoms with van der Waals surface area (Å²) < 4.78 is 4.91. The smallest absolute Gasteiger partial charge is 0.228 e. The molecule has 2 amide bonds. The molecule has 0 aliphatic carbocycles. The van der Waals surface area contributed by atoms with Crippen molar-refractivity contribution >= 4 is 17.5 Å². The molecule has 0 saturated carbocycles. The maximum Gasteiger partial charge on any atom is 0.228 e. The van der Waals surface area contributed by atoms with Crippen molar-refractivity contribution in [1.29, 1.82) is 0 Å². The molecule has 0 bridgehead atoms. The number of carbonyl (C=O) groups excluding carboxylic acids is 2. The van der Waals surface area contributed by atoms with E-state index in [0.717, 1.165) is 47.6 Å². The maximum absolute atomic E-state index is 13.4. The van der Waals surface area contributed by atoms with E-state index in [4.69, 9.17) is 4.52 Å². The van der Waals surface area contributed by atoms with Crippen LogP contribution in [0.15, 0.2) is 53.4 Å². The monoisotopic (exact) mass is 445 g/mol. The van der Waals surface area contributed by atoms with Crippen molar-refractivity contribution in [1.82, 2.24) is 19.9 Å². The van der Waals surface area contributed by atoms with E-state index in [0.29, 0.717) is 12.2 Å². The first-order valence-electron chi connectivity index (χ1n) is 11.3. The lowest BCUT2D eigenvalue weighted by Crippen LogP contribution is -2.39. The van der Waals surface area contributed by atoms with Gasteiger partial charge < -0.3 is 19.6 Å². The number of amides is 2. The van der Waals surface area contributed by atoms with Gasteiger partial charge >= 0.3 is 0 Å². The van der Waals surface area contributed by atoms with Crippen LogP contribution in [0, 0.1) is 0 Å². The van der Waals surface area contributed by atoms with Crippen LogP contribution in [0.25, 0.3) is 11.4 Å².